The number of rotatable bonds is 9. The van der Waals surface area contributed by atoms with E-state index in [1.165, 1.54) is 43.5 Å². The van der Waals surface area contributed by atoms with E-state index in [2.05, 4.69) is 53.4 Å². The van der Waals surface area contributed by atoms with Crippen LogP contribution in [0.15, 0.2) is 48.5 Å². The van der Waals surface area contributed by atoms with Gasteiger partial charge in [-0.2, -0.15) is 0 Å². The van der Waals surface area contributed by atoms with Crippen molar-refractivity contribution in [2.45, 2.75) is 51.0 Å². The fourth-order valence-electron chi connectivity index (χ4n) is 4.12. The molecule has 1 saturated heterocycles. The Balaban J connectivity index is 1.62. The van der Waals surface area contributed by atoms with Gasteiger partial charge in [0.05, 0.1) is 0 Å². The van der Waals surface area contributed by atoms with Gasteiger partial charge in [-0.3, -0.25) is 14.9 Å². The van der Waals surface area contributed by atoms with Gasteiger partial charge in [-0.05, 0) is 66.9 Å². The van der Waals surface area contributed by atoms with Gasteiger partial charge in [-0.15, -0.1) is 0 Å². The third-order valence-electron chi connectivity index (χ3n) is 5.85. The van der Waals surface area contributed by atoms with Gasteiger partial charge in [0.1, 0.15) is 0 Å². The van der Waals surface area contributed by atoms with Gasteiger partial charge in [-0.25, -0.2) is 5.48 Å². The Bertz CT molecular complexity index is 753. The summed E-state index contributed by atoms with van der Waals surface area (Å²) in [6.45, 7) is 3.52. The number of amides is 1. The number of hydroxylamine groups is 1. The molecule has 1 aliphatic heterocycles. The highest BCUT2D eigenvalue weighted by Crippen LogP contribution is 2.28. The number of benzene rings is 2. The average molecular weight is 397 g/mol. The monoisotopic (exact) mass is 396 g/mol. The number of carbonyl (C=O) groups excluding carboxylic acids is 1. The Hall–Kier alpha value is -2.21. The zero-order valence-corrected chi connectivity index (χ0v) is 17.0. The van der Waals surface area contributed by atoms with Crippen LogP contribution in [0.25, 0.3) is 11.1 Å². The molecule has 2 aromatic carbocycles. The molecule has 0 aromatic heterocycles. The van der Waals surface area contributed by atoms with Crippen molar-refractivity contribution in [1.82, 2.24) is 10.4 Å². The number of nitrogens with one attached hydrogen (secondary N) is 1. The minimum Gasteiger partial charge on any atom is -0.396 e. The first-order chi connectivity index (χ1) is 14.2. The lowest BCUT2D eigenvalue weighted by Gasteiger charge is -2.26. The molecular formula is C24H32N2O3. The van der Waals surface area contributed by atoms with E-state index in [-0.39, 0.29) is 18.9 Å². The maximum atomic E-state index is 11.3. The van der Waals surface area contributed by atoms with Crippen LogP contribution in [-0.4, -0.2) is 40.8 Å². The van der Waals surface area contributed by atoms with Crippen molar-refractivity contribution >= 4 is 5.91 Å². The summed E-state index contributed by atoms with van der Waals surface area (Å²) in [5, 5.41) is 18.0. The molecule has 0 saturated carbocycles. The summed E-state index contributed by atoms with van der Waals surface area (Å²) in [5.41, 5.74) is 6.49. The second-order valence-electron chi connectivity index (χ2n) is 7.94. The number of aliphatic hydroxyl groups is 1. The highest BCUT2D eigenvalue weighted by molar-refractivity contribution is 5.74. The van der Waals surface area contributed by atoms with Crippen molar-refractivity contribution in [2.75, 3.05) is 19.7 Å². The Morgan fingerprint density at radius 3 is 2.14 bits per heavy atom. The second kappa shape index (κ2) is 11.1. The van der Waals surface area contributed by atoms with Crippen molar-refractivity contribution in [3.05, 3.63) is 59.7 Å². The van der Waals surface area contributed by atoms with Crippen LogP contribution >= 0.6 is 0 Å². The second-order valence-corrected chi connectivity index (χ2v) is 7.94. The third-order valence-corrected chi connectivity index (χ3v) is 5.85. The summed E-state index contributed by atoms with van der Waals surface area (Å²) in [5.74, 6) is -0.299. The molecule has 1 unspecified atom stereocenters. The number of aliphatic hydroxyl groups excluding tert-OH is 1. The number of carbonyl (C=O) groups is 1. The maximum Gasteiger partial charge on any atom is 0.243 e. The Morgan fingerprint density at radius 2 is 1.55 bits per heavy atom. The first-order valence-electron chi connectivity index (χ1n) is 10.6. The molecule has 0 bridgehead atoms. The lowest BCUT2D eigenvalue weighted by atomic mass is 9.90. The maximum absolute atomic E-state index is 11.3. The van der Waals surface area contributed by atoms with Crippen LogP contribution in [0.1, 0.15) is 55.6 Å². The van der Waals surface area contributed by atoms with Crippen LogP contribution in [0.5, 0.6) is 0 Å². The first-order valence-corrected chi connectivity index (χ1v) is 10.6. The van der Waals surface area contributed by atoms with E-state index in [4.69, 9.17) is 5.21 Å². The molecule has 3 N–H and O–H groups in total. The van der Waals surface area contributed by atoms with Crippen LogP contribution in [0, 0.1) is 0 Å². The third kappa shape index (κ3) is 6.39. The molecule has 2 aromatic rings. The summed E-state index contributed by atoms with van der Waals surface area (Å²) >= 11 is 0. The highest BCUT2D eigenvalue weighted by Gasteiger charge is 2.14. The first kappa shape index (κ1) is 21.5. The molecule has 1 atom stereocenters. The molecule has 156 valence electrons. The molecular weight excluding hydrogens is 364 g/mol. The van der Waals surface area contributed by atoms with Crippen molar-refractivity contribution < 1.29 is 15.1 Å². The summed E-state index contributed by atoms with van der Waals surface area (Å²) in [4.78, 5) is 13.9. The van der Waals surface area contributed by atoms with E-state index in [1.54, 1.807) is 5.48 Å². The molecule has 5 heteroatoms. The molecule has 1 amide bonds. The van der Waals surface area contributed by atoms with Gasteiger partial charge in [0.25, 0.3) is 0 Å². The molecule has 0 radical (unpaired) electrons. The zero-order chi connectivity index (χ0) is 20.5. The normalized spacial score (nSPS) is 15.8. The lowest BCUT2D eigenvalue weighted by molar-refractivity contribution is -0.129. The summed E-state index contributed by atoms with van der Waals surface area (Å²) < 4.78 is 0. The predicted octanol–water partition coefficient (Wildman–Crippen LogP) is 4.09. The SMILES string of the molecule is O=C(CCC(CCO)c1ccc(-c2ccc(CN3CCCCC3)cc2)cc1)NO. The largest absolute Gasteiger partial charge is 0.396 e. The molecule has 29 heavy (non-hydrogen) atoms. The highest BCUT2D eigenvalue weighted by atomic mass is 16.5. The van der Waals surface area contributed by atoms with Crippen LogP contribution in [0.2, 0.25) is 0 Å². The Labute approximate surface area is 173 Å². The number of likely N-dealkylation sites (tertiary alicyclic amines) is 1. The van der Waals surface area contributed by atoms with Crippen molar-refractivity contribution in [3.63, 3.8) is 0 Å². The van der Waals surface area contributed by atoms with E-state index >= 15 is 0 Å². The molecule has 0 aliphatic carbocycles. The molecule has 3 rings (SSSR count). The van der Waals surface area contributed by atoms with Crippen molar-refractivity contribution in [3.8, 4) is 11.1 Å². The molecule has 1 fully saturated rings. The number of hydrogen-bond acceptors (Lipinski definition) is 4. The van der Waals surface area contributed by atoms with Crippen molar-refractivity contribution in [1.29, 1.82) is 0 Å². The standard InChI is InChI=1S/C24H32N2O3/c27-17-14-23(12-13-24(28)25-29)22-10-8-21(9-11-22)20-6-4-19(5-7-20)18-26-15-2-1-3-16-26/h4-11,23,27,29H,1-3,12-18H2,(H,25,28). The topological polar surface area (TPSA) is 72.8 Å². The smallest absolute Gasteiger partial charge is 0.243 e. The van der Waals surface area contributed by atoms with Gasteiger partial charge in [-0.1, -0.05) is 55.0 Å². The minimum atomic E-state index is -0.394. The van der Waals surface area contributed by atoms with Crippen LogP contribution < -0.4 is 5.48 Å². The molecule has 5 nitrogen and oxygen atoms in total. The van der Waals surface area contributed by atoms with E-state index in [0.29, 0.717) is 12.8 Å². The number of hydrogen-bond donors (Lipinski definition) is 3. The molecule has 0 spiro atoms. The van der Waals surface area contributed by atoms with Gasteiger partial charge in [0.15, 0.2) is 0 Å². The minimum absolute atomic E-state index is 0.0750. The summed E-state index contributed by atoms with van der Waals surface area (Å²) in [6.07, 6.45) is 5.42. The summed E-state index contributed by atoms with van der Waals surface area (Å²) in [7, 11) is 0. The lowest BCUT2D eigenvalue weighted by Crippen LogP contribution is -2.28. The fraction of sp³-hybridized carbons (Fsp3) is 0.458. The van der Waals surface area contributed by atoms with Gasteiger partial charge in [0, 0.05) is 19.6 Å². The Morgan fingerprint density at radius 1 is 0.931 bits per heavy atom. The fourth-order valence-corrected chi connectivity index (χ4v) is 4.12. The number of nitrogens with zero attached hydrogens (tertiary/aromatic N) is 1. The predicted molar refractivity (Wildman–Crippen MR) is 115 cm³/mol. The van der Waals surface area contributed by atoms with Crippen LogP contribution in [-0.2, 0) is 11.3 Å². The average Bonchev–Trinajstić information content (AvgIpc) is 2.78. The molecule has 1 heterocycles. The van der Waals surface area contributed by atoms with Crippen LogP contribution in [0.3, 0.4) is 0 Å². The summed E-state index contributed by atoms with van der Waals surface area (Å²) in [6, 6.07) is 17.2. The van der Waals surface area contributed by atoms with E-state index in [0.717, 1.165) is 17.7 Å². The van der Waals surface area contributed by atoms with E-state index in [1.807, 2.05) is 0 Å². The Kier molecular flexibility index (Phi) is 8.23. The van der Waals surface area contributed by atoms with Gasteiger partial charge in [0.2, 0.25) is 5.91 Å². The zero-order valence-electron chi connectivity index (χ0n) is 17.0. The number of piperidine rings is 1. The van der Waals surface area contributed by atoms with E-state index < -0.39 is 5.91 Å². The molecule has 1 aliphatic rings. The quantitative estimate of drug-likeness (QED) is 0.441. The van der Waals surface area contributed by atoms with Gasteiger partial charge >= 0.3 is 0 Å². The van der Waals surface area contributed by atoms with Gasteiger partial charge < -0.3 is 5.11 Å². The van der Waals surface area contributed by atoms with Crippen molar-refractivity contribution in [2.24, 2.45) is 0 Å². The van der Waals surface area contributed by atoms with Crippen LogP contribution in [0.4, 0.5) is 0 Å². The van der Waals surface area contributed by atoms with E-state index in [9.17, 15) is 9.90 Å².